The van der Waals surface area contributed by atoms with Gasteiger partial charge in [0.1, 0.15) is 24.6 Å². The highest BCUT2D eigenvalue weighted by atomic mass is 32.3. The highest BCUT2D eigenvalue weighted by molar-refractivity contribution is 8.47. The molecule has 0 aliphatic carbocycles. The molecule has 0 unspecified atom stereocenters. The van der Waals surface area contributed by atoms with Crippen LogP contribution >= 0.6 is 9.16 Å². The molecule has 3 aromatic heterocycles. The molecule has 0 saturated heterocycles. The quantitative estimate of drug-likeness (QED) is 0.292. The summed E-state index contributed by atoms with van der Waals surface area (Å²) in [5.41, 5.74) is 0.742. The second-order valence-corrected chi connectivity index (χ2v) is 19.5. The number of hydrogen-bond donors (Lipinski definition) is 2. The van der Waals surface area contributed by atoms with Crippen molar-refractivity contribution in [2.24, 2.45) is 0 Å². The summed E-state index contributed by atoms with van der Waals surface area (Å²) in [5, 5.41) is 14.8. The van der Waals surface area contributed by atoms with Gasteiger partial charge in [-0.1, -0.05) is 5.92 Å². The monoisotopic (exact) mass is 498 g/mol. The first-order chi connectivity index (χ1) is 15.5. The molecule has 0 atom stereocenters. The van der Waals surface area contributed by atoms with E-state index >= 15 is 0 Å². The zero-order valence-corrected chi connectivity index (χ0v) is 21.3. The lowest BCUT2D eigenvalue weighted by Crippen LogP contribution is -2.19. The second kappa shape index (κ2) is 8.95. The average molecular weight is 499 g/mol. The van der Waals surface area contributed by atoms with Crippen LogP contribution in [0.1, 0.15) is 19.5 Å². The maximum Gasteiger partial charge on any atom is 0.406 e. The number of alkyl halides is 3. The van der Waals surface area contributed by atoms with Crippen molar-refractivity contribution in [2.75, 3.05) is 37.4 Å². The van der Waals surface area contributed by atoms with E-state index < -0.39 is 27.5 Å². The largest absolute Gasteiger partial charge is 0.406 e. The number of nitrogens with zero attached hydrogens (tertiary/aromatic N) is 4. The summed E-state index contributed by atoms with van der Waals surface area (Å²) < 4.78 is 48.1. The highest BCUT2D eigenvalue weighted by Crippen LogP contribution is 2.54. The van der Waals surface area contributed by atoms with Gasteiger partial charge in [-0.2, -0.15) is 18.3 Å². The van der Waals surface area contributed by atoms with E-state index in [1.165, 1.54) is 12.4 Å². The van der Waals surface area contributed by atoms with Crippen LogP contribution in [0.3, 0.4) is 0 Å². The van der Waals surface area contributed by atoms with E-state index in [1.54, 1.807) is 37.0 Å². The lowest BCUT2D eigenvalue weighted by atomic mass is 10.1. The van der Waals surface area contributed by atoms with Gasteiger partial charge in [0, 0.05) is 28.9 Å². The molecule has 0 spiro atoms. The molecule has 0 aliphatic heterocycles. The van der Waals surface area contributed by atoms with Crippen molar-refractivity contribution in [2.45, 2.75) is 38.9 Å². The van der Waals surface area contributed by atoms with E-state index in [4.69, 9.17) is 4.74 Å². The molecule has 0 aliphatic rings. The summed E-state index contributed by atoms with van der Waals surface area (Å²) in [5.74, 6) is 6.46. The van der Waals surface area contributed by atoms with E-state index in [1.807, 2.05) is 0 Å². The molecule has 3 rings (SSSR count). The van der Waals surface area contributed by atoms with Crippen molar-refractivity contribution in [3.8, 4) is 23.0 Å². The van der Waals surface area contributed by atoms with Crippen LogP contribution in [-0.2, 0) is 18.0 Å². The number of aliphatic hydroxyl groups is 1. The van der Waals surface area contributed by atoms with Crippen LogP contribution in [0.15, 0.2) is 30.9 Å². The fraction of sp³-hybridized carbons (Fsp3) is 0.500. The van der Waals surface area contributed by atoms with Crippen molar-refractivity contribution in [1.82, 2.24) is 19.3 Å². The first-order valence-corrected chi connectivity index (χ1v) is 15.1. The highest BCUT2D eigenvalue weighted by Gasteiger charge is 2.29. The number of pyridine rings is 1. The van der Waals surface area contributed by atoms with Crippen molar-refractivity contribution in [1.29, 1.82) is 0 Å². The molecule has 34 heavy (non-hydrogen) atoms. The summed E-state index contributed by atoms with van der Waals surface area (Å²) in [7, 11) is -1.66. The van der Waals surface area contributed by atoms with Crippen LogP contribution in [0.5, 0.6) is 0 Å². The predicted molar refractivity (Wildman–Crippen MR) is 134 cm³/mol. The first-order valence-electron chi connectivity index (χ1n) is 10.9. The first kappa shape index (κ1) is 26.1. The normalized spacial score (nSPS) is 14.0. The van der Waals surface area contributed by atoms with Crippen molar-refractivity contribution >= 4 is 20.1 Å². The molecule has 188 valence electrons. The standard InChI is InChI=1S/C24H33F3N4O2S/c1-23(2,32)8-7-19-11-20-21(15-30(16-24(25,26)27)22(20)13-28-19)18-12-29-31(14-18)17-33-9-10-34(3,4,5)6/h11-15,32,34H,9-10,16-17H2,1-6H3. The van der Waals surface area contributed by atoms with Gasteiger partial charge in [0.25, 0.3) is 0 Å². The number of ether oxygens (including phenoxy) is 1. The van der Waals surface area contributed by atoms with Crippen LogP contribution in [0.2, 0.25) is 0 Å². The minimum Gasteiger partial charge on any atom is -0.378 e. The van der Waals surface area contributed by atoms with Gasteiger partial charge in [0.15, 0.2) is 0 Å². The summed E-state index contributed by atoms with van der Waals surface area (Å²) in [4.78, 5) is 4.18. The summed E-state index contributed by atoms with van der Waals surface area (Å²) >= 11 is 0. The van der Waals surface area contributed by atoms with Gasteiger partial charge in [-0.05, 0) is 56.6 Å². The van der Waals surface area contributed by atoms with E-state index in [2.05, 4.69) is 46.9 Å². The Labute approximate surface area is 198 Å². The van der Waals surface area contributed by atoms with Crippen molar-refractivity contribution in [3.05, 3.63) is 36.5 Å². The smallest absolute Gasteiger partial charge is 0.378 e. The molecule has 0 fully saturated rings. The maximum absolute atomic E-state index is 13.2. The Balaban J connectivity index is 1.92. The molecule has 3 heterocycles. The fourth-order valence-electron chi connectivity index (χ4n) is 3.19. The zero-order valence-electron chi connectivity index (χ0n) is 20.4. The van der Waals surface area contributed by atoms with Crippen molar-refractivity contribution < 1.29 is 23.0 Å². The van der Waals surface area contributed by atoms with Crippen LogP contribution < -0.4 is 0 Å². The summed E-state index contributed by atoms with van der Waals surface area (Å²) in [6.45, 7) is 2.84. The number of hydrogen-bond acceptors (Lipinski definition) is 4. The molecule has 10 heteroatoms. The maximum atomic E-state index is 13.2. The van der Waals surface area contributed by atoms with Gasteiger partial charge in [-0.25, -0.2) is 9.67 Å². The number of thiol groups is 1. The molecule has 6 nitrogen and oxygen atoms in total. The Morgan fingerprint density at radius 2 is 1.82 bits per heavy atom. The number of halogens is 3. The summed E-state index contributed by atoms with van der Waals surface area (Å²) in [6, 6.07) is 1.64. The lowest BCUT2D eigenvalue weighted by molar-refractivity contribution is -0.139. The second-order valence-electron chi connectivity index (χ2n) is 11.2. The average Bonchev–Trinajstić information content (AvgIpc) is 3.25. The molecule has 0 amide bonds. The Hall–Kier alpha value is -2.48. The Bertz CT molecular complexity index is 1230. The van der Waals surface area contributed by atoms with E-state index in [-0.39, 0.29) is 6.73 Å². The molecule has 1 N–H and O–H groups in total. The van der Waals surface area contributed by atoms with Gasteiger partial charge in [-0.3, -0.25) is 9.16 Å². The molecular weight excluding hydrogens is 465 g/mol. The zero-order chi connectivity index (χ0) is 25.4. The van der Waals surface area contributed by atoms with Gasteiger partial charge in [-0.15, -0.1) is 0 Å². The number of fused-ring (bicyclic) bond motifs is 1. The Morgan fingerprint density at radius 3 is 2.44 bits per heavy atom. The third-order valence-corrected chi connectivity index (χ3v) is 6.88. The topological polar surface area (TPSA) is 65.1 Å². The third-order valence-electron chi connectivity index (χ3n) is 4.91. The molecule has 0 bridgehead atoms. The fourth-order valence-corrected chi connectivity index (χ4v) is 4.05. The predicted octanol–water partition coefficient (Wildman–Crippen LogP) is 4.15. The third kappa shape index (κ3) is 7.79. The number of aromatic nitrogens is 4. The molecular formula is C24H33F3N4O2S. The van der Waals surface area contributed by atoms with Gasteiger partial charge in [0.05, 0.1) is 24.5 Å². The van der Waals surface area contributed by atoms with Crippen LogP contribution in [0, 0.1) is 11.8 Å². The van der Waals surface area contributed by atoms with E-state index in [9.17, 15) is 18.3 Å². The molecule has 3 aromatic rings. The molecule has 0 saturated carbocycles. The molecule has 0 aromatic carbocycles. The Morgan fingerprint density at radius 1 is 1.12 bits per heavy atom. The van der Waals surface area contributed by atoms with Gasteiger partial charge < -0.3 is 14.4 Å². The van der Waals surface area contributed by atoms with Crippen LogP contribution in [0.25, 0.3) is 22.0 Å². The minimum absolute atomic E-state index is 0.261. The van der Waals surface area contributed by atoms with E-state index in [0.29, 0.717) is 34.3 Å². The van der Waals surface area contributed by atoms with Crippen LogP contribution in [-0.4, -0.2) is 73.6 Å². The Kier molecular flexibility index (Phi) is 6.88. The molecule has 0 radical (unpaired) electrons. The lowest BCUT2D eigenvalue weighted by Gasteiger charge is -2.46. The van der Waals surface area contributed by atoms with Crippen molar-refractivity contribution in [3.63, 3.8) is 0 Å². The van der Waals surface area contributed by atoms with Gasteiger partial charge in [0.2, 0.25) is 0 Å². The summed E-state index contributed by atoms with van der Waals surface area (Å²) in [6.07, 6.45) is 11.0. The SMILES string of the molecule is CC(C)(O)C#Cc1cc2c(-c3cnn(COCC[SH](C)(C)(C)C)c3)cn(CC(F)(F)F)c2cn1. The number of rotatable bonds is 7. The van der Waals surface area contributed by atoms with Crippen LogP contribution in [0.4, 0.5) is 13.2 Å². The van der Waals surface area contributed by atoms with E-state index in [0.717, 1.165) is 10.3 Å². The van der Waals surface area contributed by atoms with Gasteiger partial charge >= 0.3 is 6.18 Å². The minimum atomic E-state index is -4.38.